The molecule has 0 radical (unpaired) electrons. The summed E-state index contributed by atoms with van der Waals surface area (Å²) in [5.74, 6) is 0. The van der Waals surface area contributed by atoms with Gasteiger partial charge >= 0.3 is 0 Å². The van der Waals surface area contributed by atoms with Crippen molar-refractivity contribution in [2.24, 2.45) is 0 Å². The highest BCUT2D eigenvalue weighted by atomic mass is 79.9. The molecule has 0 spiro atoms. The van der Waals surface area contributed by atoms with Crippen molar-refractivity contribution in [3.05, 3.63) is 80.6 Å². The highest BCUT2D eigenvalue weighted by Crippen LogP contribution is 2.19. The third-order valence-electron chi connectivity index (χ3n) is 3.48. The van der Waals surface area contributed by atoms with Gasteiger partial charge in [0.05, 0.1) is 12.2 Å². The zero-order valence-electron chi connectivity index (χ0n) is 11.6. The Morgan fingerprint density at radius 3 is 2.57 bits per heavy atom. The van der Waals surface area contributed by atoms with Crippen LogP contribution in [-0.2, 0) is 6.54 Å². The molecule has 0 saturated heterocycles. The summed E-state index contributed by atoms with van der Waals surface area (Å²) >= 11 is 3.45. The van der Waals surface area contributed by atoms with Gasteiger partial charge in [-0.1, -0.05) is 58.4 Å². The van der Waals surface area contributed by atoms with Gasteiger partial charge in [0, 0.05) is 10.0 Å². The van der Waals surface area contributed by atoms with Crippen molar-refractivity contribution in [3.8, 4) is 11.3 Å². The van der Waals surface area contributed by atoms with E-state index >= 15 is 0 Å². The predicted octanol–water partition coefficient (Wildman–Crippen LogP) is 3.96. The number of nitrogens with one attached hydrogen (secondary N) is 1. The van der Waals surface area contributed by atoms with Gasteiger partial charge in [-0.15, -0.1) is 0 Å². The van der Waals surface area contributed by atoms with E-state index in [0.29, 0.717) is 6.54 Å². The Morgan fingerprint density at radius 1 is 1.10 bits per heavy atom. The lowest BCUT2D eigenvalue weighted by molar-refractivity contribution is 0.664. The molecule has 0 aliphatic carbocycles. The Balaban J connectivity index is 2.00. The predicted molar refractivity (Wildman–Crippen MR) is 88.5 cm³/mol. The van der Waals surface area contributed by atoms with Crippen LogP contribution in [0.2, 0.25) is 0 Å². The zero-order chi connectivity index (χ0) is 14.8. The van der Waals surface area contributed by atoms with Crippen molar-refractivity contribution in [3.63, 3.8) is 0 Å². The molecular formula is C17H15BrN2O. The van der Waals surface area contributed by atoms with Crippen LogP contribution in [0.4, 0.5) is 0 Å². The summed E-state index contributed by atoms with van der Waals surface area (Å²) in [4.78, 5) is 12.4. The molecule has 3 aromatic rings. The molecule has 106 valence electrons. The van der Waals surface area contributed by atoms with Gasteiger partial charge in [-0.05, 0) is 30.2 Å². The maximum atomic E-state index is 12.4. The van der Waals surface area contributed by atoms with E-state index in [9.17, 15) is 4.79 Å². The van der Waals surface area contributed by atoms with E-state index in [4.69, 9.17) is 0 Å². The fraction of sp³-hybridized carbons (Fsp3) is 0.118. The first-order valence-electron chi connectivity index (χ1n) is 6.74. The lowest BCUT2D eigenvalue weighted by atomic mass is 10.1. The number of hydrogen-bond donors (Lipinski definition) is 1. The van der Waals surface area contributed by atoms with Crippen LogP contribution in [0.5, 0.6) is 0 Å². The van der Waals surface area contributed by atoms with Crippen LogP contribution in [-0.4, -0.2) is 9.78 Å². The van der Waals surface area contributed by atoms with Crippen molar-refractivity contribution in [1.29, 1.82) is 0 Å². The minimum absolute atomic E-state index is 0.0221. The summed E-state index contributed by atoms with van der Waals surface area (Å²) in [7, 11) is 0. The minimum Gasteiger partial charge on any atom is -0.294 e. The molecule has 0 aliphatic heterocycles. The van der Waals surface area contributed by atoms with Gasteiger partial charge in [-0.2, -0.15) is 0 Å². The van der Waals surface area contributed by atoms with E-state index in [2.05, 4.69) is 21.0 Å². The smallest absolute Gasteiger partial charge is 0.270 e. The van der Waals surface area contributed by atoms with E-state index in [1.807, 2.05) is 61.5 Å². The maximum Gasteiger partial charge on any atom is 0.270 e. The average Bonchev–Trinajstić information content (AvgIpc) is 2.77. The Kier molecular flexibility index (Phi) is 3.80. The van der Waals surface area contributed by atoms with Crippen LogP contribution in [0.25, 0.3) is 11.3 Å². The molecule has 1 aromatic heterocycles. The highest BCUT2D eigenvalue weighted by Gasteiger charge is 2.11. The highest BCUT2D eigenvalue weighted by molar-refractivity contribution is 9.10. The molecule has 0 aliphatic rings. The Morgan fingerprint density at radius 2 is 1.86 bits per heavy atom. The Bertz CT molecular complexity index is 818. The van der Waals surface area contributed by atoms with Gasteiger partial charge < -0.3 is 0 Å². The SMILES string of the molecule is Cc1c(-c2ccccc2)[nH]n(Cc2cccc(Br)c2)c1=O. The van der Waals surface area contributed by atoms with Gasteiger partial charge in [0.25, 0.3) is 5.56 Å². The molecule has 3 nitrogen and oxygen atoms in total. The molecule has 4 heteroatoms. The summed E-state index contributed by atoms with van der Waals surface area (Å²) in [5.41, 5.74) is 3.76. The minimum atomic E-state index is 0.0221. The standard InChI is InChI=1S/C17H15BrN2O/c1-12-16(14-7-3-2-4-8-14)19-20(17(12)21)11-13-6-5-9-15(18)10-13/h2-10,19H,11H2,1H3. The Hall–Kier alpha value is -2.07. The normalized spacial score (nSPS) is 10.8. The van der Waals surface area contributed by atoms with Crippen LogP contribution < -0.4 is 5.56 Å². The molecule has 1 N–H and O–H groups in total. The molecule has 0 unspecified atom stereocenters. The monoisotopic (exact) mass is 342 g/mol. The third-order valence-corrected chi connectivity index (χ3v) is 3.97. The molecular weight excluding hydrogens is 328 g/mol. The summed E-state index contributed by atoms with van der Waals surface area (Å²) < 4.78 is 2.67. The van der Waals surface area contributed by atoms with Gasteiger partial charge in [-0.3, -0.25) is 9.89 Å². The second kappa shape index (κ2) is 5.74. The van der Waals surface area contributed by atoms with Gasteiger partial charge in [0.2, 0.25) is 0 Å². The molecule has 0 saturated carbocycles. The number of benzene rings is 2. The summed E-state index contributed by atoms with van der Waals surface area (Å²) in [6, 6.07) is 17.9. The second-order valence-electron chi connectivity index (χ2n) is 5.00. The molecule has 0 fully saturated rings. The number of aromatic amines is 1. The largest absolute Gasteiger partial charge is 0.294 e. The lowest BCUT2D eigenvalue weighted by Crippen LogP contribution is -2.18. The second-order valence-corrected chi connectivity index (χ2v) is 5.91. The third kappa shape index (κ3) is 2.85. The fourth-order valence-electron chi connectivity index (χ4n) is 2.39. The van der Waals surface area contributed by atoms with Crippen LogP contribution in [0.15, 0.2) is 63.9 Å². The first-order chi connectivity index (χ1) is 10.1. The zero-order valence-corrected chi connectivity index (χ0v) is 13.2. The van der Waals surface area contributed by atoms with E-state index < -0.39 is 0 Å². The lowest BCUT2D eigenvalue weighted by Gasteiger charge is -2.03. The van der Waals surface area contributed by atoms with Crippen LogP contribution in [0.1, 0.15) is 11.1 Å². The van der Waals surface area contributed by atoms with Crippen molar-refractivity contribution < 1.29 is 0 Å². The number of aromatic nitrogens is 2. The van der Waals surface area contributed by atoms with E-state index in [1.54, 1.807) is 4.68 Å². The van der Waals surface area contributed by atoms with E-state index in [-0.39, 0.29) is 5.56 Å². The number of nitrogens with zero attached hydrogens (tertiary/aromatic N) is 1. The van der Waals surface area contributed by atoms with Crippen LogP contribution >= 0.6 is 15.9 Å². The molecule has 2 aromatic carbocycles. The summed E-state index contributed by atoms with van der Waals surface area (Å²) in [6.07, 6.45) is 0. The molecule has 0 bridgehead atoms. The molecule has 21 heavy (non-hydrogen) atoms. The van der Waals surface area contributed by atoms with Crippen molar-refractivity contribution in [1.82, 2.24) is 9.78 Å². The van der Waals surface area contributed by atoms with E-state index in [0.717, 1.165) is 26.9 Å². The number of halogens is 1. The van der Waals surface area contributed by atoms with Crippen LogP contribution in [0, 0.1) is 6.92 Å². The molecule has 0 amide bonds. The average molecular weight is 343 g/mol. The van der Waals surface area contributed by atoms with Crippen molar-refractivity contribution in [2.75, 3.05) is 0 Å². The summed E-state index contributed by atoms with van der Waals surface area (Å²) in [6.45, 7) is 2.39. The fourth-order valence-corrected chi connectivity index (χ4v) is 2.84. The first-order valence-corrected chi connectivity index (χ1v) is 7.54. The molecule has 0 atom stereocenters. The van der Waals surface area contributed by atoms with Gasteiger partial charge in [0.1, 0.15) is 0 Å². The topological polar surface area (TPSA) is 37.8 Å². The number of H-pyrrole nitrogens is 1. The molecule has 1 heterocycles. The van der Waals surface area contributed by atoms with Crippen LogP contribution in [0.3, 0.4) is 0 Å². The van der Waals surface area contributed by atoms with Gasteiger partial charge in [-0.25, -0.2) is 4.68 Å². The van der Waals surface area contributed by atoms with Crippen molar-refractivity contribution >= 4 is 15.9 Å². The number of hydrogen-bond acceptors (Lipinski definition) is 1. The van der Waals surface area contributed by atoms with Crippen molar-refractivity contribution in [2.45, 2.75) is 13.5 Å². The summed E-state index contributed by atoms with van der Waals surface area (Å²) in [5, 5.41) is 3.22. The van der Waals surface area contributed by atoms with Gasteiger partial charge in [0.15, 0.2) is 0 Å². The quantitative estimate of drug-likeness (QED) is 0.768. The van der Waals surface area contributed by atoms with E-state index in [1.165, 1.54) is 0 Å². The first kappa shape index (κ1) is 13.9. The maximum absolute atomic E-state index is 12.4. The molecule has 3 rings (SSSR count). The Labute approximate surface area is 131 Å². The number of rotatable bonds is 3.